The summed E-state index contributed by atoms with van der Waals surface area (Å²) in [6, 6.07) is 8.60. The Balaban J connectivity index is 1.74. The number of hydrogen-bond acceptors (Lipinski definition) is 4. The second kappa shape index (κ2) is 12.2. The van der Waals surface area contributed by atoms with Crippen LogP contribution in [0, 0.1) is 0 Å². The number of guanidine groups is 1. The number of fused-ring (bicyclic) bond motifs is 1. The van der Waals surface area contributed by atoms with Crippen LogP contribution in [0.3, 0.4) is 0 Å². The molecule has 1 atom stereocenters. The Kier molecular flexibility index (Phi) is 9.89. The largest absolute Gasteiger partial charge is 0.390 e. The van der Waals surface area contributed by atoms with Crippen LogP contribution < -0.4 is 10.6 Å². The average Bonchev–Trinajstić information content (AvgIpc) is 2.65. The molecule has 1 aromatic carbocycles. The van der Waals surface area contributed by atoms with Gasteiger partial charge in [-0.3, -0.25) is 9.89 Å². The Bertz CT molecular complexity index is 552. The molecule has 1 unspecified atom stereocenters. The molecule has 5 nitrogen and oxygen atoms in total. The number of aliphatic hydroxyl groups is 1. The normalized spacial score (nSPS) is 16.2. The third kappa shape index (κ3) is 7.56. The van der Waals surface area contributed by atoms with Gasteiger partial charge in [0.25, 0.3) is 0 Å². The maximum atomic E-state index is 10.4. The van der Waals surface area contributed by atoms with Crippen molar-refractivity contribution in [3.63, 3.8) is 0 Å². The van der Waals surface area contributed by atoms with Gasteiger partial charge in [-0.15, -0.1) is 0 Å². The van der Waals surface area contributed by atoms with Crippen molar-refractivity contribution in [2.45, 2.75) is 38.8 Å². The molecule has 0 saturated carbocycles. The minimum Gasteiger partial charge on any atom is -0.390 e. The number of hydrogen-bond donors (Lipinski definition) is 3. The van der Waals surface area contributed by atoms with Crippen molar-refractivity contribution in [1.29, 1.82) is 0 Å². The van der Waals surface area contributed by atoms with Crippen LogP contribution in [0.1, 0.15) is 30.9 Å². The van der Waals surface area contributed by atoms with Gasteiger partial charge in [0.05, 0.1) is 12.6 Å². The predicted octanol–water partition coefficient (Wildman–Crippen LogP) is 2.10. The Morgan fingerprint density at radius 3 is 2.85 bits per heavy atom. The number of β-amino-alcohol motifs (C(OH)–C–C–N with tert-alkyl or cyclic N) is 1. The maximum Gasteiger partial charge on any atom is 0.191 e. The predicted molar refractivity (Wildman–Crippen MR) is 113 cm³/mol. The van der Waals surface area contributed by atoms with Gasteiger partial charge in [-0.2, -0.15) is 11.8 Å². The molecule has 3 N–H and O–H groups in total. The van der Waals surface area contributed by atoms with E-state index in [9.17, 15) is 5.11 Å². The van der Waals surface area contributed by atoms with E-state index in [0.717, 1.165) is 45.0 Å². The van der Waals surface area contributed by atoms with Crippen LogP contribution in [0.25, 0.3) is 0 Å². The van der Waals surface area contributed by atoms with Crippen molar-refractivity contribution in [2.24, 2.45) is 4.99 Å². The number of benzene rings is 1. The van der Waals surface area contributed by atoms with E-state index in [1.54, 1.807) is 0 Å². The summed E-state index contributed by atoms with van der Waals surface area (Å²) in [5, 5.41) is 17.0. The van der Waals surface area contributed by atoms with Crippen molar-refractivity contribution in [3.05, 3.63) is 35.4 Å². The second-order valence-corrected chi connectivity index (χ2v) is 7.74. The molecule has 0 spiro atoms. The fraction of sp³-hybridized carbons (Fsp3) is 0.650. The summed E-state index contributed by atoms with van der Waals surface area (Å²) in [4.78, 5) is 6.88. The van der Waals surface area contributed by atoms with Crippen molar-refractivity contribution in [1.82, 2.24) is 15.5 Å². The molecule has 146 valence electrons. The highest BCUT2D eigenvalue weighted by Crippen LogP contribution is 2.18. The number of nitrogens with one attached hydrogen (secondary N) is 2. The summed E-state index contributed by atoms with van der Waals surface area (Å²) in [6.07, 6.45) is 5.12. The Hall–Kier alpha value is -1.24. The third-order valence-electron chi connectivity index (χ3n) is 4.55. The zero-order chi connectivity index (χ0) is 18.6. The van der Waals surface area contributed by atoms with Gasteiger partial charge in [0.2, 0.25) is 0 Å². The Morgan fingerprint density at radius 1 is 1.27 bits per heavy atom. The monoisotopic (exact) mass is 378 g/mol. The minimum atomic E-state index is -0.438. The molecule has 1 aromatic rings. The number of rotatable bonds is 10. The number of thioether (sulfide) groups is 1. The first-order valence-corrected chi connectivity index (χ1v) is 11.1. The van der Waals surface area contributed by atoms with Gasteiger partial charge in [-0.05, 0) is 49.3 Å². The van der Waals surface area contributed by atoms with Gasteiger partial charge in [0.15, 0.2) is 5.96 Å². The van der Waals surface area contributed by atoms with E-state index in [0.29, 0.717) is 13.1 Å². The summed E-state index contributed by atoms with van der Waals surface area (Å²) in [5.41, 5.74) is 2.83. The van der Waals surface area contributed by atoms with Gasteiger partial charge in [-0.1, -0.05) is 24.3 Å². The lowest BCUT2D eigenvalue weighted by molar-refractivity contribution is 0.111. The summed E-state index contributed by atoms with van der Waals surface area (Å²) < 4.78 is 0. The topological polar surface area (TPSA) is 59.9 Å². The quantitative estimate of drug-likeness (QED) is 0.331. The molecule has 0 amide bonds. The van der Waals surface area contributed by atoms with E-state index in [4.69, 9.17) is 0 Å². The fourth-order valence-electron chi connectivity index (χ4n) is 3.18. The van der Waals surface area contributed by atoms with Crippen LogP contribution in [0.5, 0.6) is 0 Å². The summed E-state index contributed by atoms with van der Waals surface area (Å²) in [7, 11) is 0. The Morgan fingerprint density at radius 2 is 2.08 bits per heavy atom. The summed E-state index contributed by atoms with van der Waals surface area (Å²) >= 11 is 1.89. The van der Waals surface area contributed by atoms with Crippen LogP contribution in [0.15, 0.2) is 29.3 Å². The molecule has 0 aromatic heterocycles. The molecule has 0 aliphatic carbocycles. The standard InChI is InChI=1S/C20H34N4OS/c1-3-21-20(22-11-6-7-13-26-2)23-14-19(25)16-24-12-10-17-8-4-5-9-18(17)15-24/h4-5,8-9,19,25H,3,6-7,10-16H2,1-2H3,(H2,21,22,23). The van der Waals surface area contributed by atoms with E-state index >= 15 is 0 Å². The second-order valence-electron chi connectivity index (χ2n) is 6.75. The smallest absolute Gasteiger partial charge is 0.191 e. The first kappa shape index (κ1) is 21.1. The zero-order valence-corrected chi connectivity index (χ0v) is 17.0. The summed E-state index contributed by atoms with van der Waals surface area (Å²) in [6.45, 7) is 6.84. The van der Waals surface area contributed by atoms with Crippen molar-refractivity contribution >= 4 is 17.7 Å². The molecule has 1 aliphatic rings. The molecule has 1 aliphatic heterocycles. The molecule has 26 heavy (non-hydrogen) atoms. The van der Waals surface area contributed by atoms with Gasteiger partial charge in [0, 0.05) is 32.7 Å². The highest BCUT2D eigenvalue weighted by molar-refractivity contribution is 7.98. The zero-order valence-electron chi connectivity index (χ0n) is 16.2. The highest BCUT2D eigenvalue weighted by atomic mass is 32.2. The van der Waals surface area contributed by atoms with E-state index < -0.39 is 6.10 Å². The van der Waals surface area contributed by atoms with Crippen LogP contribution in [-0.4, -0.2) is 66.8 Å². The molecular formula is C20H34N4OS. The molecule has 0 bridgehead atoms. The average molecular weight is 379 g/mol. The third-order valence-corrected chi connectivity index (χ3v) is 5.25. The van der Waals surface area contributed by atoms with Crippen LogP contribution in [0.4, 0.5) is 0 Å². The maximum absolute atomic E-state index is 10.4. The lowest BCUT2D eigenvalue weighted by atomic mass is 10.00. The Labute approximate surface area is 162 Å². The number of unbranched alkanes of at least 4 members (excludes halogenated alkanes) is 1. The van der Waals surface area contributed by atoms with Crippen molar-refractivity contribution in [2.75, 3.05) is 44.7 Å². The van der Waals surface area contributed by atoms with Crippen LogP contribution in [0.2, 0.25) is 0 Å². The van der Waals surface area contributed by atoms with Gasteiger partial charge in [-0.25, -0.2) is 0 Å². The van der Waals surface area contributed by atoms with Crippen LogP contribution in [-0.2, 0) is 13.0 Å². The first-order chi connectivity index (χ1) is 12.7. The molecule has 2 rings (SSSR count). The molecular weight excluding hydrogens is 344 g/mol. The fourth-order valence-corrected chi connectivity index (χ4v) is 3.68. The molecule has 1 heterocycles. The van der Waals surface area contributed by atoms with E-state index in [1.165, 1.54) is 23.3 Å². The number of aliphatic hydroxyl groups excluding tert-OH is 1. The van der Waals surface area contributed by atoms with Gasteiger partial charge >= 0.3 is 0 Å². The molecule has 6 heteroatoms. The van der Waals surface area contributed by atoms with Crippen molar-refractivity contribution in [3.8, 4) is 0 Å². The number of aliphatic imine (C=N–C) groups is 1. The van der Waals surface area contributed by atoms with Gasteiger partial charge in [0.1, 0.15) is 0 Å². The molecule has 0 fully saturated rings. The van der Waals surface area contributed by atoms with Crippen molar-refractivity contribution < 1.29 is 5.11 Å². The minimum absolute atomic E-state index is 0.429. The lowest BCUT2D eigenvalue weighted by Crippen LogP contribution is -2.40. The molecule has 0 saturated heterocycles. The van der Waals surface area contributed by atoms with E-state index in [-0.39, 0.29) is 0 Å². The van der Waals surface area contributed by atoms with E-state index in [2.05, 4.69) is 58.0 Å². The highest BCUT2D eigenvalue weighted by Gasteiger charge is 2.18. The SMILES string of the molecule is CCNC(=NCC(O)CN1CCc2ccccc2C1)NCCCCSC. The lowest BCUT2D eigenvalue weighted by Gasteiger charge is -2.30. The number of nitrogens with zero attached hydrogens (tertiary/aromatic N) is 2. The van der Waals surface area contributed by atoms with Gasteiger partial charge < -0.3 is 15.7 Å². The first-order valence-electron chi connectivity index (χ1n) is 9.71. The summed E-state index contributed by atoms with van der Waals surface area (Å²) in [5.74, 6) is 2.01. The molecule has 0 radical (unpaired) electrons. The van der Waals surface area contributed by atoms with E-state index in [1.807, 2.05) is 11.8 Å². The van der Waals surface area contributed by atoms with Crippen LogP contribution >= 0.6 is 11.8 Å².